The summed E-state index contributed by atoms with van der Waals surface area (Å²) in [6, 6.07) is 10.1. The van der Waals surface area contributed by atoms with Crippen LogP contribution >= 0.6 is 0 Å². The topological polar surface area (TPSA) is 33.0 Å². The van der Waals surface area contributed by atoms with Gasteiger partial charge in [-0.15, -0.1) is 0 Å². The molecule has 19 heavy (non-hydrogen) atoms. The predicted octanol–water partition coefficient (Wildman–Crippen LogP) is 4.03. The number of methoxy groups -OCH3 is 1. The number of benzene rings is 1. The normalized spacial score (nSPS) is 27.3. The Hall–Kier alpha value is -1.59. The highest BCUT2D eigenvalue weighted by Gasteiger charge is 2.32. The van der Waals surface area contributed by atoms with Gasteiger partial charge < -0.3 is 4.74 Å². The molecule has 2 nitrogen and oxygen atoms in total. The highest BCUT2D eigenvalue weighted by atomic mass is 16.5. The molecule has 2 heteroatoms. The zero-order valence-corrected chi connectivity index (χ0v) is 11.7. The maximum Gasteiger partial charge on any atom is 0.0991 e. The summed E-state index contributed by atoms with van der Waals surface area (Å²) in [6.45, 7) is 2.07. The summed E-state index contributed by atoms with van der Waals surface area (Å²) >= 11 is 0. The molecule has 1 aliphatic carbocycles. The van der Waals surface area contributed by atoms with Crippen LogP contribution in [0.4, 0.5) is 0 Å². The number of nitrogens with zero attached hydrogens (tertiary/aromatic N) is 1. The van der Waals surface area contributed by atoms with Gasteiger partial charge in [-0.3, -0.25) is 0 Å². The third kappa shape index (κ3) is 3.05. The molecule has 0 heterocycles. The second kappa shape index (κ2) is 6.54. The van der Waals surface area contributed by atoms with Crippen LogP contribution in [0, 0.1) is 17.2 Å². The van der Waals surface area contributed by atoms with Crippen LogP contribution in [0.25, 0.3) is 0 Å². The first-order chi connectivity index (χ1) is 9.30. The van der Waals surface area contributed by atoms with Crippen molar-refractivity contribution in [2.45, 2.75) is 38.2 Å². The van der Waals surface area contributed by atoms with Crippen molar-refractivity contribution in [1.29, 1.82) is 5.26 Å². The second-order valence-electron chi connectivity index (χ2n) is 5.16. The molecule has 0 bridgehead atoms. The standard InChI is InChI=1S/C17H21NO/c1-3-5-15-6-4-7-16(17(15)19-2)14-10-8-13(12-18)9-11-14/h3,5,8-11,15-17H,4,6-7H2,1-2H3. The van der Waals surface area contributed by atoms with Gasteiger partial charge in [-0.05, 0) is 37.5 Å². The molecule has 1 saturated carbocycles. The molecule has 1 aromatic carbocycles. The zero-order valence-electron chi connectivity index (χ0n) is 11.7. The molecule has 100 valence electrons. The zero-order chi connectivity index (χ0) is 13.7. The van der Waals surface area contributed by atoms with E-state index in [2.05, 4.69) is 37.3 Å². The van der Waals surface area contributed by atoms with E-state index in [1.54, 1.807) is 0 Å². The summed E-state index contributed by atoms with van der Waals surface area (Å²) in [5.74, 6) is 0.942. The van der Waals surface area contributed by atoms with Crippen LogP contribution in [0.2, 0.25) is 0 Å². The van der Waals surface area contributed by atoms with Crippen molar-refractivity contribution in [2.24, 2.45) is 5.92 Å². The van der Waals surface area contributed by atoms with Crippen molar-refractivity contribution in [2.75, 3.05) is 7.11 Å². The Morgan fingerprint density at radius 1 is 1.26 bits per heavy atom. The Kier molecular flexibility index (Phi) is 4.76. The van der Waals surface area contributed by atoms with Crippen molar-refractivity contribution in [3.8, 4) is 6.07 Å². The van der Waals surface area contributed by atoms with Gasteiger partial charge in [-0.25, -0.2) is 0 Å². The summed E-state index contributed by atoms with van der Waals surface area (Å²) in [5, 5.41) is 8.87. The molecule has 0 amide bonds. The van der Waals surface area contributed by atoms with E-state index in [0.717, 1.165) is 5.56 Å². The van der Waals surface area contributed by atoms with Crippen LogP contribution in [0.5, 0.6) is 0 Å². The molecule has 3 unspecified atom stereocenters. The molecular weight excluding hydrogens is 234 g/mol. The lowest BCUT2D eigenvalue weighted by Gasteiger charge is -2.36. The summed E-state index contributed by atoms with van der Waals surface area (Å²) in [6.07, 6.45) is 8.24. The molecule has 1 fully saturated rings. The smallest absolute Gasteiger partial charge is 0.0991 e. The van der Waals surface area contributed by atoms with Crippen LogP contribution < -0.4 is 0 Å². The maximum absolute atomic E-state index is 8.87. The summed E-state index contributed by atoms with van der Waals surface area (Å²) in [7, 11) is 1.81. The fraction of sp³-hybridized carbons (Fsp3) is 0.471. The van der Waals surface area contributed by atoms with Gasteiger partial charge >= 0.3 is 0 Å². The number of ether oxygens (including phenoxy) is 1. The second-order valence-corrected chi connectivity index (χ2v) is 5.16. The Balaban J connectivity index is 2.23. The fourth-order valence-electron chi connectivity index (χ4n) is 3.15. The number of hydrogen-bond donors (Lipinski definition) is 0. The predicted molar refractivity (Wildman–Crippen MR) is 76.9 cm³/mol. The third-order valence-electron chi connectivity index (χ3n) is 4.05. The van der Waals surface area contributed by atoms with E-state index in [4.69, 9.17) is 10.00 Å². The molecule has 0 aromatic heterocycles. The van der Waals surface area contributed by atoms with E-state index < -0.39 is 0 Å². The highest BCUT2D eigenvalue weighted by Crippen LogP contribution is 2.38. The first kappa shape index (κ1) is 13.8. The number of rotatable bonds is 3. The van der Waals surface area contributed by atoms with Crippen molar-refractivity contribution < 1.29 is 4.74 Å². The van der Waals surface area contributed by atoms with Crippen molar-refractivity contribution >= 4 is 0 Å². The largest absolute Gasteiger partial charge is 0.380 e. The van der Waals surface area contributed by atoms with Crippen LogP contribution in [0.3, 0.4) is 0 Å². The molecule has 0 aliphatic heterocycles. The molecule has 0 N–H and O–H groups in total. The lowest BCUT2D eigenvalue weighted by molar-refractivity contribution is 0.0234. The SMILES string of the molecule is CC=CC1CCCC(c2ccc(C#N)cc2)C1OC. The van der Waals surface area contributed by atoms with Gasteiger partial charge in [-0.2, -0.15) is 5.26 Å². The van der Waals surface area contributed by atoms with E-state index in [-0.39, 0.29) is 6.10 Å². The van der Waals surface area contributed by atoms with E-state index >= 15 is 0 Å². The molecule has 3 atom stereocenters. The van der Waals surface area contributed by atoms with Gasteiger partial charge in [0.15, 0.2) is 0 Å². The fourth-order valence-corrected chi connectivity index (χ4v) is 3.15. The third-order valence-corrected chi connectivity index (χ3v) is 4.05. The lowest BCUT2D eigenvalue weighted by atomic mass is 9.75. The van der Waals surface area contributed by atoms with Crippen LogP contribution in [0.15, 0.2) is 36.4 Å². The quantitative estimate of drug-likeness (QED) is 0.764. The number of hydrogen-bond acceptors (Lipinski definition) is 2. The van der Waals surface area contributed by atoms with Crippen molar-refractivity contribution in [3.63, 3.8) is 0 Å². The van der Waals surface area contributed by atoms with Crippen molar-refractivity contribution in [3.05, 3.63) is 47.5 Å². The Labute approximate surface area is 115 Å². The van der Waals surface area contributed by atoms with Gasteiger partial charge in [0.1, 0.15) is 0 Å². The van der Waals surface area contributed by atoms with Crippen molar-refractivity contribution in [1.82, 2.24) is 0 Å². The minimum Gasteiger partial charge on any atom is -0.380 e. The molecule has 0 saturated heterocycles. The van der Waals surface area contributed by atoms with E-state index in [1.165, 1.54) is 24.8 Å². The highest BCUT2D eigenvalue weighted by molar-refractivity contribution is 5.34. The first-order valence-electron chi connectivity index (χ1n) is 6.95. The number of nitriles is 1. The summed E-state index contributed by atoms with van der Waals surface area (Å²) < 4.78 is 5.76. The molecule has 1 aliphatic rings. The number of allylic oxidation sites excluding steroid dienone is 1. The Morgan fingerprint density at radius 2 is 2.00 bits per heavy atom. The van der Waals surface area contributed by atoms with Gasteiger partial charge in [0.2, 0.25) is 0 Å². The monoisotopic (exact) mass is 255 g/mol. The summed E-state index contributed by atoms with van der Waals surface area (Å²) in [4.78, 5) is 0. The average molecular weight is 255 g/mol. The van der Waals surface area contributed by atoms with E-state index in [1.807, 2.05) is 19.2 Å². The van der Waals surface area contributed by atoms with Gasteiger partial charge in [0, 0.05) is 18.9 Å². The molecule has 1 aromatic rings. The van der Waals surface area contributed by atoms with Gasteiger partial charge in [0.05, 0.1) is 17.7 Å². The minimum atomic E-state index is 0.248. The molecular formula is C17H21NO. The average Bonchev–Trinajstić information content (AvgIpc) is 2.47. The maximum atomic E-state index is 8.87. The molecule has 0 spiro atoms. The first-order valence-corrected chi connectivity index (χ1v) is 6.95. The van der Waals surface area contributed by atoms with Crippen LogP contribution in [-0.4, -0.2) is 13.2 Å². The summed E-state index contributed by atoms with van der Waals surface area (Å²) in [5.41, 5.74) is 2.01. The molecule has 2 rings (SSSR count). The lowest BCUT2D eigenvalue weighted by Crippen LogP contribution is -2.32. The van der Waals surface area contributed by atoms with Crippen LogP contribution in [0.1, 0.15) is 43.2 Å². The van der Waals surface area contributed by atoms with E-state index in [0.29, 0.717) is 11.8 Å². The minimum absolute atomic E-state index is 0.248. The molecule has 0 radical (unpaired) electrons. The van der Waals surface area contributed by atoms with E-state index in [9.17, 15) is 0 Å². The Bertz CT molecular complexity index is 469. The Morgan fingerprint density at radius 3 is 2.58 bits per heavy atom. The van der Waals surface area contributed by atoms with Crippen LogP contribution in [-0.2, 0) is 4.74 Å². The van der Waals surface area contributed by atoms with Gasteiger partial charge in [-0.1, -0.05) is 30.7 Å². The van der Waals surface area contributed by atoms with Gasteiger partial charge in [0.25, 0.3) is 0 Å².